The lowest BCUT2D eigenvalue weighted by molar-refractivity contribution is -0.381. The summed E-state index contributed by atoms with van der Waals surface area (Å²) in [4.78, 5) is 11.4. The second kappa shape index (κ2) is 15.4. The minimum atomic E-state index is -1.86. The van der Waals surface area contributed by atoms with Gasteiger partial charge in [0.25, 0.3) is 0 Å². The molecular formula is C22H39NO18. The Bertz CT molecular complexity index is 806. The van der Waals surface area contributed by atoms with Gasteiger partial charge in [-0.1, -0.05) is 0 Å². The third-order valence-corrected chi connectivity index (χ3v) is 6.90. The maximum Gasteiger partial charge on any atom is 0.406 e. The molecule has 3 aliphatic heterocycles. The van der Waals surface area contributed by atoms with Gasteiger partial charge in [0, 0.05) is 7.05 Å². The summed E-state index contributed by atoms with van der Waals surface area (Å²) in [6.45, 7) is -3.05. The molecule has 0 aromatic carbocycles. The number of carbonyl (C=O) groups is 1. The van der Waals surface area contributed by atoms with Crippen LogP contribution in [0.1, 0.15) is 0 Å². The maximum atomic E-state index is 11.4. The van der Waals surface area contributed by atoms with E-state index in [0.29, 0.717) is 0 Å². The van der Waals surface area contributed by atoms with E-state index in [2.05, 4.69) is 5.32 Å². The summed E-state index contributed by atoms with van der Waals surface area (Å²) >= 11 is 0. The number of amides is 1. The van der Waals surface area contributed by atoms with Crippen molar-refractivity contribution < 1.29 is 89.0 Å². The van der Waals surface area contributed by atoms with E-state index in [1.54, 1.807) is 0 Å². The first-order valence-corrected chi connectivity index (χ1v) is 12.8. The van der Waals surface area contributed by atoms with Gasteiger partial charge in [0.2, 0.25) is 0 Å². The highest BCUT2D eigenvalue weighted by atomic mass is 16.8. The first-order chi connectivity index (χ1) is 19.5. The van der Waals surface area contributed by atoms with Crippen LogP contribution in [0.5, 0.6) is 0 Å². The minimum absolute atomic E-state index is 0.323. The molecule has 3 rings (SSSR count). The monoisotopic (exact) mass is 605 g/mol. The molecule has 3 saturated heterocycles. The minimum Gasteiger partial charge on any atom is -0.447 e. The van der Waals surface area contributed by atoms with Crippen LogP contribution in [0.25, 0.3) is 0 Å². The van der Waals surface area contributed by atoms with Gasteiger partial charge >= 0.3 is 6.09 Å². The standard InChI is InChI=1S/C22H39NO18/c1-23-22(34)36-3-2-35-18-15(32)17(40-20-14(31)11(28)10(27)7(4-24)38-20)9(6-26)39-21(18)41-16-8(5-25)37-19(33)13(30)12(16)29/h7-21,24-33H,2-6H2,1H3,(H,23,34)/t7-,8-,9-,10+,11+,12-,13-,14-,15+,16-,17+,18-,19-,20-,21+/m1/s1. The van der Waals surface area contributed by atoms with Gasteiger partial charge in [-0.15, -0.1) is 0 Å². The molecule has 0 spiro atoms. The lowest BCUT2D eigenvalue weighted by Gasteiger charge is -2.48. The SMILES string of the molecule is CNC(=O)OCCO[C@H]1[C@H](O[C@H]2[C@H](O)[C@@H](O)[C@H](O)O[C@@H]2CO)O[C@H](CO)[C@H](O[C@H]2O[C@H](CO)[C@H](O)[C@H](O)[C@H]2O)[C@@H]1O. The van der Waals surface area contributed by atoms with Crippen molar-refractivity contribution in [1.29, 1.82) is 0 Å². The highest BCUT2D eigenvalue weighted by Crippen LogP contribution is 2.33. The largest absolute Gasteiger partial charge is 0.447 e. The van der Waals surface area contributed by atoms with Crippen molar-refractivity contribution in [2.45, 2.75) is 92.1 Å². The summed E-state index contributed by atoms with van der Waals surface area (Å²) in [5.41, 5.74) is 0. The van der Waals surface area contributed by atoms with Gasteiger partial charge in [-0.3, -0.25) is 0 Å². The van der Waals surface area contributed by atoms with Crippen LogP contribution in [0, 0.1) is 0 Å². The van der Waals surface area contributed by atoms with Crippen LogP contribution in [0.3, 0.4) is 0 Å². The number of nitrogens with one attached hydrogen (secondary N) is 1. The molecule has 3 aliphatic rings. The summed E-state index contributed by atoms with van der Waals surface area (Å²) < 4.78 is 37.9. The van der Waals surface area contributed by atoms with Crippen molar-refractivity contribution >= 4 is 6.09 Å². The molecule has 19 nitrogen and oxygen atoms in total. The van der Waals surface area contributed by atoms with E-state index >= 15 is 0 Å². The Morgan fingerprint density at radius 1 is 0.634 bits per heavy atom. The Labute approximate surface area is 233 Å². The van der Waals surface area contributed by atoms with Gasteiger partial charge in [0.1, 0.15) is 79.9 Å². The van der Waals surface area contributed by atoms with Crippen molar-refractivity contribution in [1.82, 2.24) is 5.32 Å². The summed E-state index contributed by atoms with van der Waals surface area (Å²) in [6, 6.07) is 0. The Morgan fingerprint density at radius 3 is 1.80 bits per heavy atom. The van der Waals surface area contributed by atoms with Gasteiger partial charge in [-0.2, -0.15) is 0 Å². The molecule has 0 bridgehead atoms. The fourth-order valence-corrected chi connectivity index (χ4v) is 4.61. The molecule has 240 valence electrons. The molecule has 0 saturated carbocycles. The molecule has 1 amide bonds. The Kier molecular flexibility index (Phi) is 12.8. The van der Waals surface area contributed by atoms with Gasteiger partial charge in [0.15, 0.2) is 18.9 Å². The Hall–Kier alpha value is -1.37. The van der Waals surface area contributed by atoms with Crippen molar-refractivity contribution in [2.24, 2.45) is 0 Å². The van der Waals surface area contributed by atoms with Crippen molar-refractivity contribution in [3.05, 3.63) is 0 Å². The zero-order valence-corrected chi connectivity index (χ0v) is 21.9. The molecular weight excluding hydrogens is 566 g/mol. The smallest absolute Gasteiger partial charge is 0.406 e. The first-order valence-electron chi connectivity index (χ1n) is 12.8. The molecule has 11 N–H and O–H groups in total. The predicted octanol–water partition coefficient (Wildman–Crippen LogP) is -7.19. The van der Waals surface area contributed by atoms with Gasteiger partial charge in [-0.25, -0.2) is 4.79 Å². The normalized spacial score (nSPS) is 45.3. The highest BCUT2D eigenvalue weighted by molar-refractivity contribution is 5.66. The number of aliphatic hydroxyl groups is 10. The third-order valence-electron chi connectivity index (χ3n) is 6.90. The van der Waals surface area contributed by atoms with E-state index in [-0.39, 0.29) is 13.2 Å². The molecule has 3 fully saturated rings. The number of aliphatic hydroxyl groups excluding tert-OH is 10. The topological polar surface area (TPSA) is 296 Å². The predicted molar refractivity (Wildman–Crippen MR) is 125 cm³/mol. The average molecular weight is 606 g/mol. The average Bonchev–Trinajstić information content (AvgIpc) is 2.97. The van der Waals surface area contributed by atoms with E-state index < -0.39 is 118 Å². The van der Waals surface area contributed by atoms with Crippen molar-refractivity contribution in [3.63, 3.8) is 0 Å². The van der Waals surface area contributed by atoms with Gasteiger partial charge < -0.3 is 89.5 Å². The van der Waals surface area contributed by atoms with Crippen LogP contribution < -0.4 is 5.32 Å². The molecule has 0 aromatic heterocycles. The number of hydrogen-bond donors (Lipinski definition) is 11. The summed E-state index contributed by atoms with van der Waals surface area (Å²) in [7, 11) is 1.32. The van der Waals surface area contributed by atoms with Crippen LogP contribution in [0.15, 0.2) is 0 Å². The second-order valence-electron chi connectivity index (χ2n) is 9.56. The molecule has 0 aromatic rings. The first kappa shape index (κ1) is 34.1. The quantitative estimate of drug-likeness (QED) is 0.0975. The molecule has 0 unspecified atom stereocenters. The molecule has 15 atom stereocenters. The number of hydrogen-bond acceptors (Lipinski definition) is 18. The Morgan fingerprint density at radius 2 is 1.20 bits per heavy atom. The molecule has 19 heteroatoms. The van der Waals surface area contributed by atoms with E-state index in [9.17, 15) is 55.9 Å². The molecule has 41 heavy (non-hydrogen) atoms. The van der Waals surface area contributed by atoms with Crippen LogP contribution in [-0.4, -0.2) is 189 Å². The third kappa shape index (κ3) is 7.78. The lowest BCUT2D eigenvalue weighted by Crippen LogP contribution is -2.67. The van der Waals surface area contributed by atoms with E-state index in [1.807, 2.05) is 0 Å². The number of carbonyl (C=O) groups excluding carboxylic acids is 1. The van der Waals surface area contributed by atoms with Gasteiger partial charge in [0.05, 0.1) is 26.4 Å². The second-order valence-corrected chi connectivity index (χ2v) is 9.56. The van der Waals surface area contributed by atoms with Crippen LogP contribution in [0.4, 0.5) is 4.79 Å². The fourth-order valence-electron chi connectivity index (χ4n) is 4.61. The summed E-state index contributed by atoms with van der Waals surface area (Å²) in [6.07, 6.45) is -25.7. The number of rotatable bonds is 11. The number of alkyl carbamates (subject to hydrolysis) is 1. The van der Waals surface area contributed by atoms with Crippen LogP contribution in [-0.2, 0) is 33.2 Å². The van der Waals surface area contributed by atoms with Crippen LogP contribution in [0.2, 0.25) is 0 Å². The summed E-state index contributed by atoms with van der Waals surface area (Å²) in [5, 5.41) is 103. The van der Waals surface area contributed by atoms with E-state index in [0.717, 1.165) is 0 Å². The van der Waals surface area contributed by atoms with Crippen molar-refractivity contribution in [2.75, 3.05) is 40.1 Å². The maximum absolute atomic E-state index is 11.4. The zero-order valence-electron chi connectivity index (χ0n) is 21.9. The lowest BCUT2D eigenvalue weighted by atomic mass is 9.96. The van der Waals surface area contributed by atoms with Crippen molar-refractivity contribution in [3.8, 4) is 0 Å². The van der Waals surface area contributed by atoms with E-state index in [1.165, 1.54) is 7.05 Å². The molecule has 0 radical (unpaired) electrons. The number of ether oxygens (including phenoxy) is 7. The van der Waals surface area contributed by atoms with E-state index in [4.69, 9.17) is 33.2 Å². The van der Waals surface area contributed by atoms with Gasteiger partial charge in [-0.05, 0) is 0 Å². The van der Waals surface area contributed by atoms with Crippen LogP contribution >= 0.6 is 0 Å². The Balaban J connectivity index is 1.82. The summed E-state index contributed by atoms with van der Waals surface area (Å²) in [5.74, 6) is 0. The molecule has 0 aliphatic carbocycles. The molecule has 3 heterocycles. The fraction of sp³-hybridized carbons (Fsp3) is 0.955. The zero-order chi connectivity index (χ0) is 30.4. The highest BCUT2D eigenvalue weighted by Gasteiger charge is 2.54.